The Morgan fingerprint density at radius 3 is 2.67 bits per heavy atom. The van der Waals surface area contributed by atoms with Crippen LogP contribution >= 0.6 is 0 Å². The summed E-state index contributed by atoms with van der Waals surface area (Å²) in [6.45, 7) is 4.16. The molecule has 1 aromatic carbocycles. The van der Waals surface area contributed by atoms with Crippen LogP contribution in [0.1, 0.15) is 31.3 Å². The maximum atomic E-state index is 12.6. The Kier molecular flexibility index (Phi) is 6.39. The molecule has 3 heterocycles. The number of anilines is 2. The number of nitrogens with one attached hydrogen (secondary N) is 3. The summed E-state index contributed by atoms with van der Waals surface area (Å²) in [5.41, 5.74) is 1.86. The van der Waals surface area contributed by atoms with Crippen LogP contribution in [0.5, 0.6) is 0 Å². The van der Waals surface area contributed by atoms with Gasteiger partial charge in [0, 0.05) is 42.5 Å². The Bertz CT molecular complexity index is 1340. The number of nitrogens with zero attached hydrogens (tertiary/aromatic N) is 4. The minimum Gasteiger partial charge on any atom is -0.377 e. The summed E-state index contributed by atoms with van der Waals surface area (Å²) in [7, 11) is -3.34. The molecule has 1 atom stereocenters. The van der Waals surface area contributed by atoms with Crippen LogP contribution in [-0.2, 0) is 25.9 Å². The Hall–Kier alpha value is -3.51. The molecule has 2 amide bonds. The lowest BCUT2D eigenvalue weighted by atomic mass is 10.1. The number of imidazole rings is 1. The number of ether oxygens (including phenoxy) is 1. The van der Waals surface area contributed by atoms with E-state index in [1.165, 1.54) is 6.26 Å². The van der Waals surface area contributed by atoms with Crippen LogP contribution in [0.2, 0.25) is 0 Å². The van der Waals surface area contributed by atoms with Crippen LogP contribution < -0.4 is 15.5 Å². The lowest BCUT2D eigenvalue weighted by Gasteiger charge is -2.34. The van der Waals surface area contributed by atoms with Crippen LogP contribution in [0.25, 0.3) is 11.4 Å². The molecule has 2 fully saturated rings. The molecule has 0 radical (unpaired) electrons. The van der Waals surface area contributed by atoms with Crippen LogP contribution in [0.4, 0.5) is 16.3 Å². The molecule has 1 aliphatic heterocycles. The standard InChI is InChI=1S/C24H29N7O4S/c1-16-15-35-12-11-31(16)21-13-19(24(7-8-24)36(2,33)34)29-22(30-21)17-3-5-18(6-4-17)28-23(32)27-14-20-25-9-10-26-20/h3-6,9-10,13,16H,7-8,11-12,14-15H2,1-2H3,(H,25,26)(H2,27,28,32)/t16-/m0/s1. The number of hydrogen-bond donors (Lipinski definition) is 3. The second-order valence-electron chi connectivity index (χ2n) is 9.24. The molecule has 2 aliphatic rings. The summed E-state index contributed by atoms with van der Waals surface area (Å²) in [5.74, 6) is 1.80. The fourth-order valence-electron chi connectivity index (χ4n) is 4.38. The van der Waals surface area contributed by atoms with Crippen molar-refractivity contribution in [3.05, 3.63) is 54.2 Å². The molecule has 0 unspecified atom stereocenters. The van der Waals surface area contributed by atoms with Crippen LogP contribution in [-0.4, -0.2) is 66.4 Å². The van der Waals surface area contributed by atoms with Gasteiger partial charge in [-0.1, -0.05) is 0 Å². The first kappa shape index (κ1) is 24.2. The van der Waals surface area contributed by atoms with Gasteiger partial charge in [-0.3, -0.25) is 0 Å². The molecule has 5 rings (SSSR count). The van der Waals surface area contributed by atoms with Gasteiger partial charge in [-0.25, -0.2) is 28.2 Å². The van der Waals surface area contributed by atoms with Gasteiger partial charge in [-0.05, 0) is 44.0 Å². The normalized spacial score (nSPS) is 19.1. The van der Waals surface area contributed by atoms with Gasteiger partial charge >= 0.3 is 6.03 Å². The minimum absolute atomic E-state index is 0.106. The summed E-state index contributed by atoms with van der Waals surface area (Å²) in [6.07, 6.45) is 5.69. The third kappa shape index (κ3) is 4.91. The van der Waals surface area contributed by atoms with E-state index in [-0.39, 0.29) is 18.6 Å². The molecule has 0 bridgehead atoms. The van der Waals surface area contributed by atoms with Crippen molar-refractivity contribution < 1.29 is 17.9 Å². The predicted octanol–water partition coefficient (Wildman–Crippen LogP) is 2.45. The fraction of sp³-hybridized carbons (Fsp3) is 0.417. The van der Waals surface area contributed by atoms with E-state index in [0.29, 0.717) is 61.4 Å². The lowest BCUT2D eigenvalue weighted by Crippen LogP contribution is -2.44. The maximum absolute atomic E-state index is 12.6. The molecule has 1 aliphatic carbocycles. The van der Waals surface area contributed by atoms with Crippen molar-refractivity contribution >= 4 is 27.4 Å². The summed E-state index contributed by atoms with van der Waals surface area (Å²) in [5, 5.41) is 5.52. The van der Waals surface area contributed by atoms with E-state index in [2.05, 4.69) is 32.4 Å². The SMILES string of the molecule is C[C@H]1COCCN1c1cc(C2(S(C)(=O)=O)CC2)nc(-c2ccc(NC(=O)NCc3ncc[nH]3)cc2)n1. The summed E-state index contributed by atoms with van der Waals surface area (Å²) in [6, 6.07) is 8.72. The van der Waals surface area contributed by atoms with Gasteiger partial charge in [0.15, 0.2) is 15.7 Å². The molecule has 1 saturated heterocycles. The number of H-pyrrole nitrogens is 1. The number of morpholine rings is 1. The number of urea groups is 1. The first-order chi connectivity index (χ1) is 17.2. The van der Waals surface area contributed by atoms with Gasteiger partial charge in [0.05, 0.1) is 31.5 Å². The van der Waals surface area contributed by atoms with Gasteiger partial charge in [-0.2, -0.15) is 0 Å². The van der Waals surface area contributed by atoms with Crippen molar-refractivity contribution in [2.24, 2.45) is 0 Å². The molecule has 2 aromatic heterocycles. The van der Waals surface area contributed by atoms with Crippen molar-refractivity contribution in [2.75, 3.05) is 36.2 Å². The predicted molar refractivity (Wildman–Crippen MR) is 135 cm³/mol. The zero-order valence-electron chi connectivity index (χ0n) is 20.2. The summed E-state index contributed by atoms with van der Waals surface area (Å²) < 4.78 is 29.9. The van der Waals surface area contributed by atoms with E-state index in [0.717, 1.165) is 5.56 Å². The monoisotopic (exact) mass is 511 g/mol. The van der Waals surface area contributed by atoms with Gasteiger partial charge in [0.2, 0.25) is 0 Å². The third-order valence-electron chi connectivity index (χ3n) is 6.63. The highest BCUT2D eigenvalue weighted by atomic mass is 32.2. The molecule has 12 heteroatoms. The van der Waals surface area contributed by atoms with E-state index in [1.807, 2.05) is 18.2 Å². The number of hydrogen-bond acceptors (Lipinski definition) is 8. The van der Waals surface area contributed by atoms with Crippen LogP contribution in [0, 0.1) is 0 Å². The molecule has 36 heavy (non-hydrogen) atoms. The molecule has 3 aromatic rings. The second kappa shape index (κ2) is 9.51. The van der Waals surface area contributed by atoms with Gasteiger partial charge in [-0.15, -0.1) is 0 Å². The molecular weight excluding hydrogens is 482 g/mol. The van der Waals surface area contributed by atoms with Crippen molar-refractivity contribution in [3.63, 3.8) is 0 Å². The molecule has 190 valence electrons. The highest BCUT2D eigenvalue weighted by Gasteiger charge is 2.55. The number of carbonyl (C=O) groups is 1. The molecule has 1 saturated carbocycles. The smallest absolute Gasteiger partial charge is 0.319 e. The van der Waals surface area contributed by atoms with Crippen LogP contribution in [0.15, 0.2) is 42.7 Å². The van der Waals surface area contributed by atoms with Crippen molar-refractivity contribution in [2.45, 2.75) is 37.1 Å². The highest BCUT2D eigenvalue weighted by molar-refractivity contribution is 7.91. The Morgan fingerprint density at radius 2 is 2.03 bits per heavy atom. The first-order valence-electron chi connectivity index (χ1n) is 11.8. The first-order valence-corrected chi connectivity index (χ1v) is 13.7. The van der Waals surface area contributed by atoms with Gasteiger partial charge < -0.3 is 25.3 Å². The highest BCUT2D eigenvalue weighted by Crippen LogP contribution is 2.52. The number of carbonyl (C=O) groups excluding carboxylic acids is 1. The summed E-state index contributed by atoms with van der Waals surface area (Å²) in [4.78, 5) is 30.9. The van der Waals surface area contributed by atoms with E-state index in [1.54, 1.807) is 24.5 Å². The maximum Gasteiger partial charge on any atom is 0.319 e. The summed E-state index contributed by atoms with van der Waals surface area (Å²) >= 11 is 0. The zero-order chi connectivity index (χ0) is 25.3. The number of amides is 2. The lowest BCUT2D eigenvalue weighted by molar-refractivity contribution is 0.0985. The van der Waals surface area contributed by atoms with Gasteiger partial charge in [0.25, 0.3) is 0 Å². The van der Waals surface area contributed by atoms with E-state index in [4.69, 9.17) is 14.7 Å². The van der Waals surface area contributed by atoms with Crippen LogP contribution in [0.3, 0.4) is 0 Å². The second-order valence-corrected chi connectivity index (χ2v) is 11.6. The molecular formula is C24H29N7O4S. The number of sulfone groups is 1. The average molecular weight is 512 g/mol. The number of aromatic amines is 1. The van der Waals surface area contributed by atoms with E-state index in [9.17, 15) is 13.2 Å². The topological polar surface area (TPSA) is 142 Å². The molecule has 0 spiro atoms. The average Bonchev–Trinajstić information content (AvgIpc) is 3.53. The number of benzene rings is 1. The quantitative estimate of drug-likeness (QED) is 0.439. The molecule has 11 nitrogen and oxygen atoms in total. The van der Waals surface area contributed by atoms with Crippen molar-refractivity contribution in [3.8, 4) is 11.4 Å². The Balaban J connectivity index is 1.40. The third-order valence-corrected chi connectivity index (χ3v) is 8.66. The fourth-order valence-corrected chi connectivity index (χ4v) is 5.71. The van der Waals surface area contributed by atoms with Gasteiger partial charge in [0.1, 0.15) is 16.4 Å². The Morgan fingerprint density at radius 1 is 1.25 bits per heavy atom. The number of aromatic nitrogens is 4. The zero-order valence-corrected chi connectivity index (χ0v) is 21.0. The van der Waals surface area contributed by atoms with Crippen molar-refractivity contribution in [1.82, 2.24) is 25.3 Å². The molecule has 3 N–H and O–H groups in total. The van der Waals surface area contributed by atoms with E-state index < -0.39 is 14.6 Å². The van der Waals surface area contributed by atoms with E-state index >= 15 is 0 Å². The largest absolute Gasteiger partial charge is 0.377 e. The minimum atomic E-state index is -3.34. The number of rotatable bonds is 7. The Labute approximate surface area is 209 Å². The van der Waals surface area contributed by atoms with Crippen molar-refractivity contribution in [1.29, 1.82) is 0 Å².